The molecule has 0 aliphatic rings. The van der Waals surface area contributed by atoms with Crippen LogP contribution in [-0.4, -0.2) is 83.0 Å². The van der Waals surface area contributed by atoms with E-state index in [4.69, 9.17) is 28.7 Å². The van der Waals surface area contributed by atoms with Crippen LogP contribution >= 0.6 is 0 Å². The van der Waals surface area contributed by atoms with Crippen molar-refractivity contribution in [2.24, 2.45) is 44.6 Å². The summed E-state index contributed by atoms with van der Waals surface area (Å²) in [5.41, 5.74) is 29.5. The summed E-state index contributed by atoms with van der Waals surface area (Å²) in [5, 5.41) is 18.3. The molecule has 1 aromatic heterocycles. The van der Waals surface area contributed by atoms with E-state index in [1.807, 2.05) is 24.3 Å². The predicted molar refractivity (Wildman–Crippen MR) is 168 cm³/mol. The average Bonchev–Trinajstić information content (AvgIpc) is 3.36. The standard InChI is InChI=1S/C28H45N11O5/c1-15(2)22(26(43)44)39-25(42)21(10-6-12-35-28(32)33)38-24(41)20(9-5-11-34-27(30)31)37-23(40)18(29)13-16-14-36-19-8-4-3-7-17(16)19/h3-4,7-8,14-15,18,20-22,36H,5-6,9-13,29H2,1-2H3,(H,37,40)(H,38,41)(H,39,42)(H,43,44)(H4,30,31,34)(H4,32,33,35). The number of nitrogens with two attached hydrogens (primary N) is 5. The fourth-order valence-electron chi connectivity index (χ4n) is 4.49. The van der Waals surface area contributed by atoms with E-state index in [0.29, 0.717) is 12.8 Å². The highest BCUT2D eigenvalue weighted by molar-refractivity contribution is 5.94. The van der Waals surface area contributed by atoms with Crippen molar-refractivity contribution >= 4 is 46.5 Å². The summed E-state index contributed by atoms with van der Waals surface area (Å²) < 4.78 is 0. The molecule has 0 aliphatic carbocycles. The van der Waals surface area contributed by atoms with E-state index in [1.54, 1.807) is 20.0 Å². The van der Waals surface area contributed by atoms with Gasteiger partial charge >= 0.3 is 5.97 Å². The van der Waals surface area contributed by atoms with Gasteiger partial charge in [0.15, 0.2) is 11.9 Å². The number of carbonyl (C=O) groups is 4. The van der Waals surface area contributed by atoms with E-state index in [2.05, 4.69) is 30.9 Å². The molecule has 15 N–H and O–H groups in total. The van der Waals surface area contributed by atoms with Crippen molar-refractivity contribution in [2.45, 2.75) is 70.1 Å². The number of carboxylic acid groups (broad SMARTS) is 1. The number of carboxylic acids is 1. The fourth-order valence-corrected chi connectivity index (χ4v) is 4.49. The van der Waals surface area contributed by atoms with Crippen LogP contribution in [0.5, 0.6) is 0 Å². The molecule has 0 saturated heterocycles. The van der Waals surface area contributed by atoms with Gasteiger partial charge < -0.3 is 54.7 Å². The Kier molecular flexibility index (Phi) is 13.9. The molecule has 3 amide bonds. The molecule has 0 bridgehead atoms. The molecule has 16 heteroatoms. The van der Waals surface area contributed by atoms with Gasteiger partial charge in [0, 0.05) is 30.2 Å². The first kappa shape index (κ1) is 35.3. The predicted octanol–water partition coefficient (Wildman–Crippen LogP) is -1.66. The molecule has 0 fully saturated rings. The van der Waals surface area contributed by atoms with Gasteiger partial charge in [-0.3, -0.25) is 24.4 Å². The number of para-hydroxylation sites is 1. The Hall–Kier alpha value is -4.86. The van der Waals surface area contributed by atoms with Gasteiger partial charge in [0.05, 0.1) is 6.04 Å². The maximum Gasteiger partial charge on any atom is 0.326 e. The number of fused-ring (bicyclic) bond motifs is 1. The Labute approximate surface area is 255 Å². The minimum atomic E-state index is -1.21. The number of carbonyl (C=O) groups excluding carboxylic acids is 3. The molecule has 4 unspecified atom stereocenters. The zero-order valence-electron chi connectivity index (χ0n) is 25.1. The molecule has 0 spiro atoms. The van der Waals surface area contributed by atoms with E-state index in [9.17, 15) is 24.3 Å². The second-order valence-corrected chi connectivity index (χ2v) is 10.8. The molecular formula is C28H45N11O5. The molecule has 0 radical (unpaired) electrons. The van der Waals surface area contributed by atoms with Crippen LogP contribution in [0.1, 0.15) is 45.1 Å². The van der Waals surface area contributed by atoms with Crippen molar-refractivity contribution in [1.82, 2.24) is 20.9 Å². The highest BCUT2D eigenvalue weighted by atomic mass is 16.4. The highest BCUT2D eigenvalue weighted by Crippen LogP contribution is 2.19. The van der Waals surface area contributed by atoms with Gasteiger partial charge in [0.2, 0.25) is 17.7 Å². The van der Waals surface area contributed by atoms with Crippen molar-refractivity contribution in [3.8, 4) is 0 Å². The normalized spacial score (nSPS) is 13.7. The van der Waals surface area contributed by atoms with Gasteiger partial charge in [0.25, 0.3) is 0 Å². The average molecular weight is 616 g/mol. The molecule has 1 heterocycles. The van der Waals surface area contributed by atoms with Crippen LogP contribution in [0.2, 0.25) is 0 Å². The smallest absolute Gasteiger partial charge is 0.326 e. The first-order valence-corrected chi connectivity index (χ1v) is 14.3. The molecule has 2 rings (SSSR count). The van der Waals surface area contributed by atoms with E-state index >= 15 is 0 Å². The van der Waals surface area contributed by atoms with Crippen molar-refractivity contribution in [2.75, 3.05) is 13.1 Å². The molecule has 0 saturated carbocycles. The van der Waals surface area contributed by atoms with E-state index < -0.39 is 53.8 Å². The van der Waals surface area contributed by atoms with Crippen molar-refractivity contribution in [1.29, 1.82) is 0 Å². The van der Waals surface area contributed by atoms with Gasteiger partial charge in [-0.15, -0.1) is 0 Å². The van der Waals surface area contributed by atoms with Crippen LogP contribution in [0.15, 0.2) is 40.4 Å². The van der Waals surface area contributed by atoms with E-state index in [-0.39, 0.29) is 44.3 Å². The Bertz CT molecular complexity index is 1330. The summed E-state index contributed by atoms with van der Waals surface area (Å²) in [6.07, 6.45) is 2.83. The number of amides is 3. The molecule has 2 aromatic rings. The highest BCUT2D eigenvalue weighted by Gasteiger charge is 2.31. The second-order valence-electron chi connectivity index (χ2n) is 10.8. The molecule has 1 aromatic carbocycles. The van der Waals surface area contributed by atoms with Crippen LogP contribution in [0.25, 0.3) is 10.9 Å². The lowest BCUT2D eigenvalue weighted by molar-refractivity contribution is -0.143. The number of hydrogen-bond acceptors (Lipinski definition) is 7. The number of nitrogens with one attached hydrogen (secondary N) is 4. The van der Waals surface area contributed by atoms with Crippen molar-refractivity contribution < 1.29 is 24.3 Å². The summed E-state index contributed by atoms with van der Waals surface area (Å²) >= 11 is 0. The summed E-state index contributed by atoms with van der Waals surface area (Å²) in [5.74, 6) is -3.83. The fraction of sp³-hybridized carbons (Fsp3) is 0.500. The number of aromatic amines is 1. The number of H-pyrrole nitrogens is 1. The van der Waals surface area contributed by atoms with Crippen LogP contribution in [0.3, 0.4) is 0 Å². The topological polar surface area (TPSA) is 295 Å². The van der Waals surface area contributed by atoms with Crippen LogP contribution in [0, 0.1) is 5.92 Å². The quantitative estimate of drug-likeness (QED) is 0.0517. The number of guanidine groups is 2. The zero-order chi connectivity index (χ0) is 32.8. The van der Waals surface area contributed by atoms with Crippen LogP contribution in [0.4, 0.5) is 0 Å². The molecule has 0 aliphatic heterocycles. The summed E-state index contributed by atoms with van der Waals surface area (Å²) in [4.78, 5) is 62.5. The number of nitrogens with zero attached hydrogens (tertiary/aromatic N) is 2. The maximum absolute atomic E-state index is 13.5. The zero-order valence-corrected chi connectivity index (χ0v) is 25.1. The first-order chi connectivity index (χ1) is 20.8. The lowest BCUT2D eigenvalue weighted by atomic mass is 10.0. The summed E-state index contributed by atoms with van der Waals surface area (Å²) in [6.45, 7) is 3.66. The molecule has 242 valence electrons. The Morgan fingerprint density at radius 3 is 1.89 bits per heavy atom. The summed E-state index contributed by atoms with van der Waals surface area (Å²) in [6, 6.07) is 3.18. The number of aliphatic carboxylic acids is 1. The minimum Gasteiger partial charge on any atom is -0.480 e. The van der Waals surface area contributed by atoms with Gasteiger partial charge in [-0.05, 0) is 49.7 Å². The number of aromatic nitrogens is 1. The number of aliphatic imine (C=N–C) groups is 2. The van der Waals surface area contributed by atoms with Crippen molar-refractivity contribution in [3.63, 3.8) is 0 Å². The monoisotopic (exact) mass is 615 g/mol. The molecule has 44 heavy (non-hydrogen) atoms. The largest absolute Gasteiger partial charge is 0.480 e. The molecule has 4 atom stereocenters. The lowest BCUT2D eigenvalue weighted by Gasteiger charge is -2.26. The Balaban J connectivity index is 2.21. The van der Waals surface area contributed by atoms with Gasteiger partial charge in [0.1, 0.15) is 18.1 Å². The maximum atomic E-state index is 13.5. The van der Waals surface area contributed by atoms with E-state index in [0.717, 1.165) is 16.5 Å². The number of rotatable bonds is 18. The number of benzene rings is 1. The van der Waals surface area contributed by atoms with Crippen LogP contribution < -0.4 is 44.6 Å². The van der Waals surface area contributed by atoms with Gasteiger partial charge in [-0.2, -0.15) is 0 Å². The molecule has 16 nitrogen and oxygen atoms in total. The Morgan fingerprint density at radius 2 is 1.36 bits per heavy atom. The number of hydrogen-bond donors (Lipinski definition) is 10. The molecular weight excluding hydrogens is 570 g/mol. The third kappa shape index (κ3) is 11.4. The lowest BCUT2D eigenvalue weighted by Crippen LogP contribution is -2.57. The minimum absolute atomic E-state index is 0.0908. The van der Waals surface area contributed by atoms with Gasteiger partial charge in [-0.25, -0.2) is 4.79 Å². The van der Waals surface area contributed by atoms with Crippen molar-refractivity contribution in [3.05, 3.63) is 36.0 Å². The van der Waals surface area contributed by atoms with Crippen LogP contribution in [-0.2, 0) is 25.6 Å². The third-order valence-electron chi connectivity index (χ3n) is 6.84. The third-order valence-corrected chi connectivity index (χ3v) is 6.84. The second kappa shape index (κ2) is 17.3. The van der Waals surface area contributed by atoms with E-state index in [1.165, 1.54) is 0 Å². The van der Waals surface area contributed by atoms with Gasteiger partial charge in [-0.1, -0.05) is 32.0 Å². The Morgan fingerprint density at radius 1 is 0.841 bits per heavy atom. The summed E-state index contributed by atoms with van der Waals surface area (Å²) in [7, 11) is 0. The SMILES string of the molecule is CC(C)C(NC(=O)C(CCCN=C(N)N)NC(=O)C(CCCN=C(N)N)NC(=O)C(N)Cc1c[nH]c2ccccc12)C(=O)O. The first-order valence-electron chi connectivity index (χ1n) is 14.3.